The van der Waals surface area contributed by atoms with E-state index >= 15 is 0 Å². The van der Waals surface area contributed by atoms with E-state index in [9.17, 15) is 9.59 Å². The SMILES string of the molecule is O=C(CN1CCN(C(=O)c2cc(Br)ccc2Cl)CC1)N1CCCCC1. The highest BCUT2D eigenvalue weighted by Gasteiger charge is 2.26. The summed E-state index contributed by atoms with van der Waals surface area (Å²) in [4.78, 5) is 31.0. The summed E-state index contributed by atoms with van der Waals surface area (Å²) < 4.78 is 0.839. The van der Waals surface area contributed by atoms with E-state index < -0.39 is 0 Å². The molecule has 2 amide bonds. The Bertz CT molecular complexity index is 641. The lowest BCUT2D eigenvalue weighted by Crippen LogP contribution is -2.52. The van der Waals surface area contributed by atoms with Crippen LogP contribution in [0.3, 0.4) is 0 Å². The van der Waals surface area contributed by atoms with Crippen molar-refractivity contribution in [3.05, 3.63) is 33.3 Å². The maximum Gasteiger partial charge on any atom is 0.255 e. The Hall–Kier alpha value is -1.11. The minimum Gasteiger partial charge on any atom is -0.342 e. The first-order valence-corrected chi connectivity index (χ1v) is 9.96. The number of carbonyl (C=O) groups is 2. The molecule has 2 heterocycles. The van der Waals surface area contributed by atoms with Crippen molar-refractivity contribution >= 4 is 39.3 Å². The lowest BCUT2D eigenvalue weighted by Gasteiger charge is -2.36. The fraction of sp³-hybridized carbons (Fsp3) is 0.556. The molecule has 0 saturated carbocycles. The molecule has 7 heteroatoms. The highest BCUT2D eigenvalue weighted by atomic mass is 79.9. The molecular formula is C18H23BrClN3O2. The maximum atomic E-state index is 12.7. The number of piperazine rings is 1. The number of likely N-dealkylation sites (tertiary alicyclic amines) is 1. The smallest absolute Gasteiger partial charge is 0.255 e. The van der Waals surface area contributed by atoms with Crippen LogP contribution in [0.4, 0.5) is 0 Å². The minimum atomic E-state index is -0.0479. The normalized spacial score (nSPS) is 19.1. The number of benzene rings is 1. The summed E-state index contributed by atoms with van der Waals surface area (Å²) in [6.07, 6.45) is 3.45. The summed E-state index contributed by atoms with van der Waals surface area (Å²) in [5, 5.41) is 0.468. The number of hydrogen-bond acceptors (Lipinski definition) is 3. The van der Waals surface area contributed by atoms with E-state index in [4.69, 9.17) is 11.6 Å². The molecule has 1 aromatic rings. The molecule has 136 valence electrons. The topological polar surface area (TPSA) is 43.9 Å². The van der Waals surface area contributed by atoms with Gasteiger partial charge in [-0.3, -0.25) is 14.5 Å². The molecule has 2 aliphatic heterocycles. The summed E-state index contributed by atoms with van der Waals surface area (Å²) in [6, 6.07) is 5.31. The second-order valence-corrected chi connectivity index (χ2v) is 7.96. The van der Waals surface area contributed by atoms with Gasteiger partial charge in [-0.05, 0) is 37.5 Å². The molecule has 2 fully saturated rings. The molecule has 5 nitrogen and oxygen atoms in total. The van der Waals surface area contributed by atoms with Gasteiger partial charge in [-0.1, -0.05) is 27.5 Å². The summed E-state index contributed by atoms with van der Waals surface area (Å²) >= 11 is 9.55. The van der Waals surface area contributed by atoms with Crippen LogP contribution in [0.5, 0.6) is 0 Å². The molecule has 2 aliphatic rings. The Morgan fingerprint density at radius 1 is 0.960 bits per heavy atom. The van der Waals surface area contributed by atoms with Gasteiger partial charge >= 0.3 is 0 Å². The van der Waals surface area contributed by atoms with Crippen LogP contribution in [0.2, 0.25) is 5.02 Å². The van der Waals surface area contributed by atoms with Gasteiger partial charge in [0.25, 0.3) is 5.91 Å². The van der Waals surface area contributed by atoms with Crippen molar-refractivity contribution in [2.24, 2.45) is 0 Å². The lowest BCUT2D eigenvalue weighted by molar-refractivity contribution is -0.133. The van der Waals surface area contributed by atoms with Gasteiger partial charge in [-0.25, -0.2) is 0 Å². The van der Waals surface area contributed by atoms with E-state index in [1.165, 1.54) is 6.42 Å². The monoisotopic (exact) mass is 427 g/mol. The van der Waals surface area contributed by atoms with E-state index in [0.29, 0.717) is 30.2 Å². The van der Waals surface area contributed by atoms with Crippen molar-refractivity contribution in [1.82, 2.24) is 14.7 Å². The summed E-state index contributed by atoms with van der Waals surface area (Å²) in [5.74, 6) is 0.169. The van der Waals surface area contributed by atoms with Crippen LogP contribution in [0.15, 0.2) is 22.7 Å². The molecule has 0 N–H and O–H groups in total. The number of rotatable bonds is 3. The molecule has 3 rings (SSSR count). The first-order chi connectivity index (χ1) is 12.0. The molecular weight excluding hydrogens is 406 g/mol. The van der Waals surface area contributed by atoms with Crippen LogP contribution in [-0.4, -0.2) is 72.3 Å². The van der Waals surface area contributed by atoms with Crippen molar-refractivity contribution in [3.63, 3.8) is 0 Å². The molecule has 2 saturated heterocycles. The fourth-order valence-electron chi connectivity index (χ4n) is 3.38. The second kappa shape index (κ2) is 8.52. The third-order valence-electron chi connectivity index (χ3n) is 4.89. The number of piperidine rings is 1. The van der Waals surface area contributed by atoms with Crippen molar-refractivity contribution < 1.29 is 9.59 Å². The zero-order valence-corrected chi connectivity index (χ0v) is 16.6. The second-order valence-electron chi connectivity index (χ2n) is 6.63. The van der Waals surface area contributed by atoms with E-state index in [0.717, 1.165) is 43.5 Å². The van der Waals surface area contributed by atoms with E-state index in [-0.39, 0.29) is 11.8 Å². The van der Waals surface area contributed by atoms with Gasteiger partial charge < -0.3 is 9.80 Å². The van der Waals surface area contributed by atoms with Crippen molar-refractivity contribution in [2.75, 3.05) is 45.8 Å². The molecule has 0 spiro atoms. The summed E-state index contributed by atoms with van der Waals surface area (Å²) in [6.45, 7) is 4.91. The summed E-state index contributed by atoms with van der Waals surface area (Å²) in [5.41, 5.74) is 0.522. The number of carbonyl (C=O) groups excluding carboxylic acids is 2. The number of nitrogens with zero attached hydrogens (tertiary/aromatic N) is 3. The van der Waals surface area contributed by atoms with Gasteiger partial charge in [0.05, 0.1) is 17.1 Å². The predicted octanol–water partition coefficient (Wildman–Crippen LogP) is 2.87. The predicted molar refractivity (Wildman–Crippen MR) is 102 cm³/mol. The maximum absolute atomic E-state index is 12.7. The molecule has 0 bridgehead atoms. The van der Waals surface area contributed by atoms with Crippen LogP contribution in [0, 0.1) is 0 Å². The third kappa shape index (κ3) is 4.74. The largest absolute Gasteiger partial charge is 0.342 e. The highest BCUT2D eigenvalue weighted by Crippen LogP contribution is 2.23. The number of amides is 2. The van der Waals surface area contributed by atoms with E-state index in [2.05, 4.69) is 20.8 Å². The molecule has 0 radical (unpaired) electrons. The van der Waals surface area contributed by atoms with Crippen molar-refractivity contribution in [1.29, 1.82) is 0 Å². The number of hydrogen-bond donors (Lipinski definition) is 0. The summed E-state index contributed by atoms with van der Waals surface area (Å²) in [7, 11) is 0. The van der Waals surface area contributed by atoms with Gasteiger partial charge in [-0.2, -0.15) is 0 Å². The first-order valence-electron chi connectivity index (χ1n) is 8.79. The van der Waals surface area contributed by atoms with Crippen LogP contribution in [-0.2, 0) is 4.79 Å². The van der Waals surface area contributed by atoms with E-state index in [1.807, 2.05) is 15.9 Å². The van der Waals surface area contributed by atoms with Gasteiger partial charge in [0.1, 0.15) is 0 Å². The Morgan fingerprint density at radius 3 is 2.32 bits per heavy atom. The standard InChI is InChI=1S/C18H23BrClN3O2/c19-14-4-5-16(20)15(12-14)18(25)23-10-8-21(9-11-23)13-17(24)22-6-2-1-3-7-22/h4-5,12H,1-3,6-11,13H2. The van der Waals surface area contributed by atoms with Gasteiger partial charge in [0.15, 0.2) is 0 Å². The third-order valence-corrected chi connectivity index (χ3v) is 5.71. The molecule has 0 atom stereocenters. The molecule has 25 heavy (non-hydrogen) atoms. The molecule has 0 aliphatic carbocycles. The van der Waals surface area contributed by atoms with Crippen molar-refractivity contribution in [3.8, 4) is 0 Å². The van der Waals surface area contributed by atoms with E-state index in [1.54, 1.807) is 12.1 Å². The molecule has 1 aromatic carbocycles. The Balaban J connectivity index is 1.52. The first kappa shape index (κ1) is 18.7. The zero-order chi connectivity index (χ0) is 17.8. The average Bonchev–Trinajstić information content (AvgIpc) is 2.64. The van der Waals surface area contributed by atoms with Crippen LogP contribution in [0.25, 0.3) is 0 Å². The fourth-order valence-corrected chi connectivity index (χ4v) is 3.93. The van der Waals surface area contributed by atoms with Crippen LogP contribution >= 0.6 is 27.5 Å². The highest BCUT2D eigenvalue weighted by molar-refractivity contribution is 9.10. The van der Waals surface area contributed by atoms with Gasteiger partial charge in [-0.15, -0.1) is 0 Å². The van der Waals surface area contributed by atoms with Crippen molar-refractivity contribution in [2.45, 2.75) is 19.3 Å². The Labute approximate surface area is 162 Å². The van der Waals surface area contributed by atoms with Gasteiger partial charge in [0.2, 0.25) is 5.91 Å². The zero-order valence-electron chi connectivity index (χ0n) is 14.2. The average molecular weight is 429 g/mol. The Kier molecular flexibility index (Phi) is 6.36. The quantitative estimate of drug-likeness (QED) is 0.743. The Morgan fingerprint density at radius 2 is 1.64 bits per heavy atom. The lowest BCUT2D eigenvalue weighted by atomic mass is 10.1. The van der Waals surface area contributed by atoms with Crippen LogP contribution in [0.1, 0.15) is 29.6 Å². The molecule has 0 aromatic heterocycles. The van der Waals surface area contributed by atoms with Gasteiger partial charge in [0, 0.05) is 43.7 Å². The molecule has 0 unspecified atom stereocenters. The van der Waals surface area contributed by atoms with Crippen LogP contribution < -0.4 is 0 Å². The minimum absolute atomic E-state index is 0.0479. The number of halogens is 2.